The third-order valence-corrected chi connectivity index (χ3v) is 11.6. The second-order valence-electron chi connectivity index (χ2n) is 13.7. The van der Waals surface area contributed by atoms with Crippen LogP contribution in [0.4, 0.5) is 34.6 Å². The molecule has 0 saturated carbocycles. The molecule has 0 saturated heterocycles. The summed E-state index contributed by atoms with van der Waals surface area (Å²) in [4.78, 5) is 70.1. The van der Waals surface area contributed by atoms with Crippen LogP contribution in [0.25, 0.3) is 12.2 Å². The zero-order valence-electron chi connectivity index (χ0n) is 37.6. The Labute approximate surface area is 433 Å². The van der Waals surface area contributed by atoms with E-state index >= 15 is 0 Å². The number of anilines is 6. The molecule has 31 heteroatoms. The van der Waals surface area contributed by atoms with E-state index in [4.69, 9.17) is 46.4 Å². The molecular formula is C40H27Cl4CrN12O12S2+3. The van der Waals surface area contributed by atoms with Crippen LogP contribution in [0.1, 0.15) is 56.8 Å². The topological polar surface area (TPSA) is 368 Å². The van der Waals surface area contributed by atoms with E-state index in [1.54, 1.807) is 0 Å². The summed E-state index contributed by atoms with van der Waals surface area (Å²) in [5.41, 5.74) is 4.34. The first-order valence-electron chi connectivity index (χ1n) is 18.8. The van der Waals surface area contributed by atoms with E-state index in [0.29, 0.717) is 11.4 Å². The van der Waals surface area contributed by atoms with Crippen molar-refractivity contribution in [3.05, 3.63) is 149 Å². The molecule has 0 radical (unpaired) electrons. The smallest absolute Gasteiger partial charge is 0.478 e. The van der Waals surface area contributed by atoms with E-state index in [1.165, 1.54) is 84.9 Å². The molecule has 2 heterocycles. The molecule has 0 bridgehead atoms. The molecule has 0 unspecified atom stereocenters. The van der Waals surface area contributed by atoms with Crippen molar-refractivity contribution >= 4 is 148 Å². The quantitative estimate of drug-likeness (QED) is 0.0438. The van der Waals surface area contributed by atoms with E-state index < -0.39 is 65.0 Å². The van der Waals surface area contributed by atoms with Crippen LogP contribution < -0.4 is 21.5 Å². The molecule has 0 aliphatic heterocycles. The Kier molecular flexibility index (Phi) is 16.3. The fourth-order valence-electron chi connectivity index (χ4n) is 6.22. The predicted octanol–water partition coefficient (Wildman–Crippen LogP) is 7.36. The molecule has 8 N–H and O–H groups in total. The van der Waals surface area contributed by atoms with Crippen LogP contribution in [-0.4, -0.2) is 101 Å². The first kappa shape index (κ1) is 53.1. The van der Waals surface area contributed by atoms with Crippen molar-refractivity contribution < 1.29 is 77.0 Å². The van der Waals surface area contributed by atoms with Gasteiger partial charge in [-0.3, -0.25) is 29.5 Å². The van der Waals surface area contributed by atoms with Crippen LogP contribution in [0.2, 0.25) is 21.1 Å². The summed E-state index contributed by atoms with van der Waals surface area (Å²) in [6.45, 7) is 0. The second kappa shape index (κ2) is 21.8. The van der Waals surface area contributed by atoms with Crippen LogP contribution in [0.3, 0.4) is 0 Å². The number of allylic oxidation sites excluding steroid dienone is 2. The number of hydrazone groups is 2. The molecule has 8 rings (SSSR count). The van der Waals surface area contributed by atoms with Crippen molar-refractivity contribution in [2.75, 3.05) is 21.5 Å². The van der Waals surface area contributed by atoms with Gasteiger partial charge in [0.15, 0.2) is 11.4 Å². The van der Waals surface area contributed by atoms with Crippen LogP contribution in [0.15, 0.2) is 105 Å². The number of hydrogen-bond donors (Lipinski definition) is 8. The van der Waals surface area contributed by atoms with Crippen molar-refractivity contribution in [1.29, 1.82) is 0 Å². The molecule has 0 atom stereocenters. The molecule has 0 amide bonds. The molecule has 2 aliphatic rings. The number of benzene rings is 4. The summed E-state index contributed by atoms with van der Waals surface area (Å²) >= 11 is 23.0. The van der Waals surface area contributed by atoms with Gasteiger partial charge in [-0.1, -0.05) is 24.3 Å². The number of carboxylic acid groups (broad SMARTS) is 2. The van der Waals surface area contributed by atoms with Crippen LogP contribution >= 0.6 is 46.4 Å². The summed E-state index contributed by atoms with van der Waals surface area (Å²) in [6, 6.07) is 19.9. The first-order chi connectivity index (χ1) is 33.0. The van der Waals surface area contributed by atoms with Crippen LogP contribution in [0, 0.1) is 0 Å². The minimum atomic E-state index is -4.90. The van der Waals surface area contributed by atoms with Gasteiger partial charge in [0.25, 0.3) is 20.2 Å². The van der Waals surface area contributed by atoms with Crippen molar-refractivity contribution in [2.45, 2.75) is 0 Å². The number of nitrogens with zero attached hydrogens (tertiary/aromatic N) is 8. The maximum Gasteiger partial charge on any atom is 1.00 e. The standard InChI is InChI=1S/2C20H12Cl2N6O6S.Cr/c2*21-18-24-19(22)26-20(25-18)23-10-5-6-11-9(7-10)8-14(35(32,33)34)15(16(11)29)28-27-13-4-2-1-3-12(13)17(30)31;/h2*1-8,27H,(H,30,31)(H,32,33,34)(H,23,24,25,26);/p+3/b2*28-15-;. The number of ketones is 2. The maximum atomic E-state index is 13.1. The Balaban J connectivity index is 0.000000370. The van der Waals surface area contributed by atoms with Crippen molar-refractivity contribution in [3.8, 4) is 0 Å². The molecule has 24 nitrogen and oxygen atoms in total. The van der Waals surface area contributed by atoms with E-state index in [2.05, 4.69) is 61.6 Å². The molecule has 362 valence electrons. The monoisotopic (exact) mass is 1120 g/mol. The minimum absolute atomic E-state index is 0. The molecule has 2 aliphatic carbocycles. The molecule has 0 spiro atoms. The van der Waals surface area contributed by atoms with Crippen LogP contribution in [0.5, 0.6) is 0 Å². The van der Waals surface area contributed by atoms with Gasteiger partial charge in [-0.25, -0.2) is 9.59 Å². The van der Waals surface area contributed by atoms with Gasteiger partial charge in [-0.2, -0.15) is 56.9 Å². The molecule has 6 aromatic rings. The molecule has 4 aromatic carbocycles. The fourth-order valence-corrected chi connectivity index (χ4v) is 8.27. The summed E-state index contributed by atoms with van der Waals surface area (Å²) in [7, 11) is -9.80. The van der Waals surface area contributed by atoms with Crippen molar-refractivity contribution in [2.24, 2.45) is 10.2 Å². The Morgan fingerprint density at radius 2 is 0.873 bits per heavy atom. The third-order valence-electron chi connectivity index (χ3n) is 9.18. The van der Waals surface area contributed by atoms with Gasteiger partial charge in [-0.05, 0) is 130 Å². The zero-order chi connectivity index (χ0) is 50.7. The first-order valence-corrected chi connectivity index (χ1v) is 23.2. The number of hydrogen-bond acceptors (Lipinski definition) is 20. The average molecular weight is 1130 g/mol. The largest absolute Gasteiger partial charge is 1.00 e. The average Bonchev–Trinajstić information content (AvgIpc) is 3.27. The minimum Gasteiger partial charge on any atom is -0.478 e. The molecule has 71 heavy (non-hydrogen) atoms. The Morgan fingerprint density at radius 1 is 0.535 bits per heavy atom. The number of nitrogens with one attached hydrogen (secondary N) is 4. The van der Waals surface area contributed by atoms with Gasteiger partial charge < -0.3 is 20.8 Å². The number of para-hydroxylation sites is 2. The third kappa shape index (κ3) is 12.7. The van der Waals surface area contributed by atoms with Crippen molar-refractivity contribution in [1.82, 2.24) is 29.9 Å². The zero-order valence-corrected chi connectivity index (χ0v) is 40.5. The summed E-state index contributed by atoms with van der Waals surface area (Å²) in [5, 5.41) is 31.2. The van der Waals surface area contributed by atoms with Gasteiger partial charge in [0, 0.05) is 39.9 Å². The Morgan fingerprint density at radius 3 is 1.20 bits per heavy atom. The second-order valence-corrected chi connectivity index (χ2v) is 17.9. The summed E-state index contributed by atoms with van der Waals surface area (Å²) in [5.74, 6) is -4.18. The SMILES string of the molecule is O=C1/C(=N\Nc2ccccc2C(=O)O)C(S(=O)(=O)O)=Cc2cc(Nc3nc(Cl)nc(Cl)n3)ccc21.O=C1/C(=N\Nc2ccccc2C(=O)O)C(S(=O)(=O)O)=Cc2cc(Nc3nc(Cl)nc(Cl)n3)ccc21.[Cr].[H+].[H+].[H+]. The number of fused-ring (bicyclic) bond motifs is 2. The Hall–Kier alpha value is -7.29. The van der Waals surface area contributed by atoms with Crippen LogP contribution in [-0.2, 0) is 37.6 Å². The summed E-state index contributed by atoms with van der Waals surface area (Å²) in [6.07, 6.45) is 2.10. The number of aromatic nitrogens is 6. The number of Topliss-reactive ketones (excluding diaryl/α,β-unsaturated/α-hetero) is 2. The predicted molar refractivity (Wildman–Crippen MR) is 259 cm³/mol. The van der Waals surface area contributed by atoms with Crippen molar-refractivity contribution in [3.63, 3.8) is 0 Å². The van der Waals surface area contributed by atoms with E-state index in [1.807, 2.05) is 0 Å². The number of halogens is 4. The number of aromatic carboxylic acids is 2. The normalized spacial score (nSPS) is 14.1. The molecular weight excluding hydrogens is 1100 g/mol. The molecule has 0 fully saturated rings. The molecule has 2 aromatic heterocycles. The van der Waals surface area contributed by atoms with E-state index in [9.17, 15) is 55.3 Å². The van der Waals surface area contributed by atoms with E-state index in [0.717, 1.165) is 12.2 Å². The fraction of sp³-hybridized carbons (Fsp3) is 0. The maximum absolute atomic E-state index is 13.1. The number of rotatable bonds is 12. The van der Waals surface area contributed by atoms with Gasteiger partial charge >= 0.3 is 16.2 Å². The summed E-state index contributed by atoms with van der Waals surface area (Å²) < 4.78 is 67.7. The number of carbonyl (C=O) groups excluding carboxylic acids is 2. The Bertz CT molecular complexity index is 3330. The van der Waals surface area contributed by atoms with Gasteiger partial charge in [0.2, 0.25) is 44.6 Å². The number of carboxylic acids is 2. The van der Waals surface area contributed by atoms with Gasteiger partial charge in [-0.15, -0.1) is 0 Å². The number of carbonyl (C=O) groups is 4. The van der Waals surface area contributed by atoms with Gasteiger partial charge in [0.1, 0.15) is 9.81 Å². The van der Waals surface area contributed by atoms with E-state index in [-0.39, 0.29) is 99.4 Å². The van der Waals surface area contributed by atoms with Gasteiger partial charge in [0.05, 0.1) is 22.5 Å².